The van der Waals surface area contributed by atoms with E-state index in [1.54, 1.807) is 0 Å². The zero-order chi connectivity index (χ0) is 14.4. The molecule has 1 fully saturated rings. The molecule has 1 aliphatic heterocycles. The van der Waals surface area contributed by atoms with Crippen molar-refractivity contribution in [3.63, 3.8) is 0 Å². The first kappa shape index (κ1) is 15.7. The van der Waals surface area contributed by atoms with Gasteiger partial charge in [-0.25, -0.2) is 0 Å². The lowest BCUT2D eigenvalue weighted by Crippen LogP contribution is -2.46. The quantitative estimate of drug-likeness (QED) is 0.871. The van der Waals surface area contributed by atoms with E-state index in [1.165, 1.54) is 17.9 Å². The van der Waals surface area contributed by atoms with Crippen molar-refractivity contribution in [2.75, 3.05) is 32.5 Å². The Balaban J connectivity index is 1.83. The number of ether oxygens (including phenoxy) is 1. The fraction of sp³-hybridized carbons (Fsp3) is 0.625. The predicted molar refractivity (Wildman–Crippen MR) is 87.7 cm³/mol. The molecule has 112 valence electrons. The molecule has 0 spiro atoms. The molecule has 1 aliphatic rings. The van der Waals surface area contributed by atoms with Crippen molar-refractivity contribution < 1.29 is 4.74 Å². The van der Waals surface area contributed by atoms with Gasteiger partial charge in [0.05, 0.1) is 0 Å². The van der Waals surface area contributed by atoms with Crippen LogP contribution in [0, 0.1) is 0 Å². The van der Waals surface area contributed by atoms with Crippen LogP contribution in [0.2, 0.25) is 0 Å². The summed E-state index contributed by atoms with van der Waals surface area (Å²) in [5.74, 6) is 2.25. The van der Waals surface area contributed by atoms with Gasteiger partial charge in [-0.2, -0.15) is 11.8 Å². The smallest absolute Gasteiger partial charge is 0.123 e. The molecule has 1 aromatic carbocycles. The average molecular weight is 294 g/mol. The van der Waals surface area contributed by atoms with E-state index in [-0.39, 0.29) is 0 Å². The molecule has 4 heteroatoms. The molecule has 0 aromatic heterocycles. The van der Waals surface area contributed by atoms with Gasteiger partial charge in [-0.1, -0.05) is 25.1 Å². The molecule has 2 unspecified atom stereocenters. The SMILES string of the molecule is CNCc1ccccc1OCCN1CCSC(C)C1C. The number of hydrogen-bond donors (Lipinski definition) is 1. The summed E-state index contributed by atoms with van der Waals surface area (Å²) in [5.41, 5.74) is 1.23. The molecule has 3 nitrogen and oxygen atoms in total. The van der Waals surface area contributed by atoms with Crippen molar-refractivity contribution in [2.24, 2.45) is 0 Å². The van der Waals surface area contributed by atoms with Crippen molar-refractivity contribution in [1.29, 1.82) is 0 Å². The third kappa shape index (κ3) is 4.14. The minimum atomic E-state index is 0.643. The van der Waals surface area contributed by atoms with Crippen molar-refractivity contribution in [1.82, 2.24) is 10.2 Å². The van der Waals surface area contributed by atoms with Crippen LogP contribution in [-0.2, 0) is 6.54 Å². The van der Waals surface area contributed by atoms with Crippen LogP contribution in [0.5, 0.6) is 5.75 Å². The van der Waals surface area contributed by atoms with Crippen LogP contribution in [0.15, 0.2) is 24.3 Å². The Labute approximate surface area is 127 Å². The van der Waals surface area contributed by atoms with Crippen LogP contribution in [0.25, 0.3) is 0 Å². The van der Waals surface area contributed by atoms with Gasteiger partial charge in [0.25, 0.3) is 0 Å². The highest BCUT2D eigenvalue weighted by molar-refractivity contribution is 8.00. The standard InChI is InChI=1S/C16H26N2OS/c1-13-14(2)20-11-9-18(13)8-10-19-16-7-5-4-6-15(16)12-17-3/h4-7,13-14,17H,8-12H2,1-3H3. The van der Waals surface area contributed by atoms with Gasteiger partial charge in [0.15, 0.2) is 0 Å². The molecule has 0 aliphatic carbocycles. The van der Waals surface area contributed by atoms with Gasteiger partial charge in [-0.05, 0) is 20.0 Å². The van der Waals surface area contributed by atoms with Crippen LogP contribution in [0.3, 0.4) is 0 Å². The summed E-state index contributed by atoms with van der Waals surface area (Å²) < 4.78 is 5.99. The van der Waals surface area contributed by atoms with E-state index in [9.17, 15) is 0 Å². The van der Waals surface area contributed by atoms with Gasteiger partial charge in [-0.3, -0.25) is 4.90 Å². The minimum absolute atomic E-state index is 0.643. The van der Waals surface area contributed by atoms with Crippen LogP contribution in [-0.4, -0.2) is 48.7 Å². The third-order valence-corrected chi connectivity index (χ3v) is 5.33. The number of rotatable bonds is 6. The monoisotopic (exact) mass is 294 g/mol. The number of nitrogens with zero attached hydrogens (tertiary/aromatic N) is 1. The summed E-state index contributed by atoms with van der Waals surface area (Å²) >= 11 is 2.08. The summed E-state index contributed by atoms with van der Waals surface area (Å²) in [7, 11) is 1.96. The fourth-order valence-corrected chi connectivity index (χ4v) is 3.73. The molecule has 20 heavy (non-hydrogen) atoms. The molecule has 2 rings (SSSR count). The first-order chi connectivity index (χ1) is 9.72. The van der Waals surface area contributed by atoms with E-state index in [2.05, 4.69) is 54.0 Å². The van der Waals surface area contributed by atoms with Crippen LogP contribution in [0.4, 0.5) is 0 Å². The second-order valence-corrected chi connectivity index (χ2v) is 6.82. The van der Waals surface area contributed by atoms with Crippen molar-refractivity contribution in [3.05, 3.63) is 29.8 Å². The second kappa shape index (κ2) is 7.91. The summed E-state index contributed by atoms with van der Waals surface area (Å²) in [6, 6.07) is 8.92. The maximum absolute atomic E-state index is 5.99. The lowest BCUT2D eigenvalue weighted by molar-refractivity contribution is 0.170. The van der Waals surface area contributed by atoms with Gasteiger partial charge < -0.3 is 10.1 Å². The Bertz CT molecular complexity index is 413. The van der Waals surface area contributed by atoms with E-state index >= 15 is 0 Å². The van der Waals surface area contributed by atoms with Crippen molar-refractivity contribution in [2.45, 2.75) is 31.7 Å². The van der Waals surface area contributed by atoms with Crippen LogP contribution in [0.1, 0.15) is 19.4 Å². The lowest BCUT2D eigenvalue weighted by Gasteiger charge is -2.37. The Morgan fingerprint density at radius 2 is 2.15 bits per heavy atom. The number of benzene rings is 1. The zero-order valence-electron chi connectivity index (χ0n) is 12.8. The molecule has 0 radical (unpaired) electrons. The Hall–Kier alpha value is -0.710. The van der Waals surface area contributed by atoms with Crippen molar-refractivity contribution >= 4 is 11.8 Å². The fourth-order valence-electron chi connectivity index (χ4n) is 2.57. The lowest BCUT2D eigenvalue weighted by atomic mass is 10.2. The number of para-hydroxylation sites is 1. The zero-order valence-corrected chi connectivity index (χ0v) is 13.6. The molecule has 0 saturated carbocycles. The molecule has 2 atom stereocenters. The van der Waals surface area contributed by atoms with Gasteiger partial charge in [0.1, 0.15) is 12.4 Å². The molecule has 0 amide bonds. The van der Waals surface area contributed by atoms with Gasteiger partial charge in [0, 0.05) is 42.2 Å². The van der Waals surface area contributed by atoms with Gasteiger partial charge in [-0.15, -0.1) is 0 Å². The first-order valence-electron chi connectivity index (χ1n) is 7.43. The molecule has 1 heterocycles. The van der Waals surface area contributed by atoms with E-state index in [0.717, 1.165) is 30.7 Å². The summed E-state index contributed by atoms with van der Waals surface area (Å²) in [5, 5.41) is 3.91. The maximum atomic E-state index is 5.99. The Morgan fingerprint density at radius 1 is 1.35 bits per heavy atom. The number of hydrogen-bond acceptors (Lipinski definition) is 4. The molecule has 1 saturated heterocycles. The van der Waals surface area contributed by atoms with Crippen LogP contribution >= 0.6 is 11.8 Å². The van der Waals surface area contributed by atoms with E-state index < -0.39 is 0 Å². The first-order valence-corrected chi connectivity index (χ1v) is 8.48. The van der Waals surface area contributed by atoms with Crippen molar-refractivity contribution in [3.8, 4) is 5.75 Å². The molecular weight excluding hydrogens is 268 g/mol. The average Bonchev–Trinajstić information content (AvgIpc) is 2.45. The summed E-state index contributed by atoms with van der Waals surface area (Å²) in [4.78, 5) is 2.54. The highest BCUT2D eigenvalue weighted by Gasteiger charge is 2.24. The predicted octanol–water partition coefficient (Wildman–Crippen LogP) is 2.61. The summed E-state index contributed by atoms with van der Waals surface area (Å²) in [6.07, 6.45) is 0. The number of nitrogens with one attached hydrogen (secondary N) is 1. The van der Waals surface area contributed by atoms with Crippen LogP contribution < -0.4 is 10.1 Å². The normalized spacial score (nSPS) is 23.8. The Morgan fingerprint density at radius 3 is 2.95 bits per heavy atom. The maximum Gasteiger partial charge on any atom is 0.123 e. The van der Waals surface area contributed by atoms with Gasteiger partial charge in [0.2, 0.25) is 0 Å². The molecule has 1 N–H and O–H groups in total. The second-order valence-electron chi connectivity index (χ2n) is 5.34. The highest BCUT2D eigenvalue weighted by atomic mass is 32.2. The van der Waals surface area contributed by atoms with E-state index in [0.29, 0.717) is 6.04 Å². The molecular formula is C16H26N2OS. The Kier molecular flexibility index (Phi) is 6.20. The number of thioether (sulfide) groups is 1. The highest BCUT2D eigenvalue weighted by Crippen LogP contribution is 2.24. The minimum Gasteiger partial charge on any atom is -0.492 e. The largest absolute Gasteiger partial charge is 0.492 e. The van der Waals surface area contributed by atoms with E-state index in [4.69, 9.17) is 4.74 Å². The van der Waals surface area contributed by atoms with Gasteiger partial charge >= 0.3 is 0 Å². The molecule has 0 bridgehead atoms. The topological polar surface area (TPSA) is 24.5 Å². The molecule has 1 aromatic rings. The van der Waals surface area contributed by atoms with E-state index in [1.807, 2.05) is 13.1 Å². The third-order valence-electron chi connectivity index (χ3n) is 3.99. The summed E-state index contributed by atoms with van der Waals surface area (Å²) in [6.45, 7) is 8.46.